The molecule has 1 rings (SSSR count). The standard InChI is InChI=1S/C11H23O5Si/c1-17(2,3)5-4-7-9(13)11(15)10(14)8(6-12)16-7/h8-15H,4-6H2,1-3H3/t8-,9+,10+,11-/m1/s1/i5D/t5?,8-,9+,10+,11-. The van der Waals surface area contributed by atoms with Crippen molar-refractivity contribution in [3.8, 4) is 0 Å². The molecule has 1 radical (unpaired) electrons. The lowest BCUT2D eigenvalue weighted by molar-refractivity contribution is -0.191. The van der Waals surface area contributed by atoms with Crippen molar-refractivity contribution < 1.29 is 26.5 Å². The molecular weight excluding hydrogens is 240 g/mol. The highest BCUT2D eigenvalue weighted by atomic mass is 28.3. The number of hydrogen-bond acceptors (Lipinski definition) is 5. The van der Waals surface area contributed by atoms with Gasteiger partial charge >= 0.3 is 0 Å². The maximum atomic E-state index is 9.81. The molecule has 0 bridgehead atoms. The molecule has 1 saturated heterocycles. The minimum Gasteiger partial charge on any atom is -0.394 e. The smallest absolute Gasteiger partial charge is 0.128 e. The molecule has 1 aliphatic rings. The molecule has 0 amide bonds. The van der Waals surface area contributed by atoms with Crippen molar-refractivity contribution in [2.75, 3.05) is 6.61 Å². The molecule has 4 N–H and O–H groups in total. The Morgan fingerprint density at radius 1 is 1.24 bits per heavy atom. The van der Waals surface area contributed by atoms with Gasteiger partial charge in [0, 0.05) is 9.44 Å². The summed E-state index contributed by atoms with van der Waals surface area (Å²) in [6.45, 7) is 5.67. The van der Waals surface area contributed by atoms with Crippen LogP contribution in [0.1, 0.15) is 7.79 Å². The van der Waals surface area contributed by atoms with Crippen molar-refractivity contribution >= 4 is 8.07 Å². The molecule has 101 valence electrons. The monoisotopic (exact) mass is 264 g/mol. The molecule has 1 fully saturated rings. The van der Waals surface area contributed by atoms with Crippen LogP contribution in [0.25, 0.3) is 0 Å². The average Bonchev–Trinajstić information content (AvgIpc) is 2.28. The molecule has 0 spiro atoms. The summed E-state index contributed by atoms with van der Waals surface area (Å²) in [5, 5.41) is 38.1. The van der Waals surface area contributed by atoms with E-state index in [-0.39, 0.29) is 18.5 Å². The van der Waals surface area contributed by atoms with Crippen LogP contribution in [-0.4, -0.2) is 59.5 Å². The average molecular weight is 264 g/mol. The summed E-state index contributed by atoms with van der Waals surface area (Å²) in [6, 6.07) is -0.371. The predicted octanol–water partition coefficient (Wildman–Crippen LogP) is -0.280. The van der Waals surface area contributed by atoms with Gasteiger partial charge < -0.3 is 25.2 Å². The van der Waals surface area contributed by atoms with E-state index in [1.54, 1.807) is 0 Å². The van der Waals surface area contributed by atoms with Gasteiger partial charge in [-0.3, -0.25) is 0 Å². The molecule has 0 aromatic rings. The molecule has 0 aliphatic carbocycles. The van der Waals surface area contributed by atoms with Crippen LogP contribution in [0.2, 0.25) is 25.7 Å². The van der Waals surface area contributed by atoms with Crippen LogP contribution in [-0.2, 0) is 4.74 Å². The number of aliphatic hydroxyl groups excluding tert-OH is 4. The fourth-order valence-corrected chi connectivity index (χ4v) is 2.47. The third-order valence-electron chi connectivity index (χ3n) is 2.78. The lowest BCUT2D eigenvalue weighted by atomic mass is 9.94. The van der Waals surface area contributed by atoms with Crippen LogP contribution >= 0.6 is 0 Å². The number of aliphatic hydroxyl groups is 4. The summed E-state index contributed by atoms with van der Waals surface area (Å²) in [5.74, 6) is 0. The largest absolute Gasteiger partial charge is 0.394 e. The molecule has 1 aliphatic heterocycles. The van der Waals surface area contributed by atoms with Crippen LogP contribution in [0.15, 0.2) is 0 Å². The predicted molar refractivity (Wildman–Crippen MR) is 66.0 cm³/mol. The molecule has 17 heavy (non-hydrogen) atoms. The van der Waals surface area contributed by atoms with E-state index in [1.165, 1.54) is 0 Å². The molecule has 5 nitrogen and oxygen atoms in total. The van der Waals surface area contributed by atoms with Gasteiger partial charge in [-0.15, -0.1) is 0 Å². The zero-order valence-electron chi connectivity index (χ0n) is 11.5. The highest BCUT2D eigenvalue weighted by molar-refractivity contribution is 6.76. The fourth-order valence-electron chi connectivity index (χ4n) is 1.65. The lowest BCUT2D eigenvalue weighted by Gasteiger charge is -2.40. The van der Waals surface area contributed by atoms with Crippen molar-refractivity contribution in [2.24, 2.45) is 0 Å². The molecule has 0 saturated carbocycles. The van der Waals surface area contributed by atoms with Gasteiger partial charge in [0.15, 0.2) is 0 Å². The SMILES string of the molecule is [2H]C(C[C]1O[C@H](CO)[C@H](O)[C@H](O)[C@H]1O)[Si](C)(C)C. The highest BCUT2D eigenvalue weighted by Crippen LogP contribution is 2.31. The Balaban J connectivity index is 2.70. The van der Waals surface area contributed by atoms with Gasteiger partial charge in [-0.1, -0.05) is 25.7 Å². The Kier molecular flexibility index (Phi) is 4.57. The minimum absolute atomic E-state index is 0.189. The Morgan fingerprint density at radius 3 is 2.29 bits per heavy atom. The van der Waals surface area contributed by atoms with E-state index in [2.05, 4.69) is 0 Å². The number of hydrogen-bond donors (Lipinski definition) is 4. The van der Waals surface area contributed by atoms with Crippen LogP contribution in [0, 0.1) is 6.10 Å². The zero-order chi connectivity index (χ0) is 14.1. The van der Waals surface area contributed by atoms with Gasteiger partial charge in [-0.25, -0.2) is 0 Å². The second-order valence-electron chi connectivity index (χ2n) is 5.51. The van der Waals surface area contributed by atoms with Gasteiger partial charge in [0.1, 0.15) is 30.5 Å². The van der Waals surface area contributed by atoms with E-state index in [1.807, 2.05) is 19.6 Å². The van der Waals surface area contributed by atoms with Crippen LogP contribution in [0.4, 0.5) is 0 Å². The third-order valence-corrected chi connectivity index (χ3v) is 4.21. The number of rotatable bonds is 4. The first-order chi connectivity index (χ1) is 8.18. The van der Waals surface area contributed by atoms with E-state index in [4.69, 9.17) is 11.2 Å². The van der Waals surface area contributed by atoms with Crippen molar-refractivity contribution in [1.82, 2.24) is 0 Å². The second kappa shape index (κ2) is 5.77. The summed E-state index contributed by atoms with van der Waals surface area (Å²) < 4.78 is 13.3. The molecule has 0 aromatic carbocycles. The van der Waals surface area contributed by atoms with E-state index < -0.39 is 39.1 Å². The maximum Gasteiger partial charge on any atom is 0.128 e. The number of ether oxygens (including phenoxy) is 1. The van der Waals surface area contributed by atoms with Gasteiger partial charge in [0.2, 0.25) is 0 Å². The normalized spacial score (nSPS) is 38.9. The Bertz CT molecular complexity index is 271. The summed E-state index contributed by atoms with van der Waals surface area (Å²) >= 11 is 0. The Labute approximate surface area is 104 Å². The van der Waals surface area contributed by atoms with Gasteiger partial charge in [-0.2, -0.15) is 0 Å². The van der Waals surface area contributed by atoms with E-state index >= 15 is 0 Å². The molecular formula is C11H23O5Si. The quantitative estimate of drug-likeness (QED) is 0.524. The first kappa shape index (κ1) is 13.4. The highest BCUT2D eigenvalue weighted by Gasteiger charge is 2.44. The summed E-state index contributed by atoms with van der Waals surface area (Å²) in [6.07, 6.45) is -4.52. The van der Waals surface area contributed by atoms with Crippen LogP contribution < -0.4 is 0 Å². The van der Waals surface area contributed by atoms with Gasteiger partial charge in [0.05, 0.1) is 6.61 Å². The van der Waals surface area contributed by atoms with Crippen molar-refractivity contribution in [3.63, 3.8) is 0 Å². The van der Waals surface area contributed by atoms with E-state index in [0.717, 1.165) is 0 Å². The second-order valence-corrected chi connectivity index (χ2v) is 10.6. The first-order valence-corrected chi connectivity index (χ1v) is 9.36. The Morgan fingerprint density at radius 2 is 1.82 bits per heavy atom. The van der Waals surface area contributed by atoms with Gasteiger partial charge in [0.25, 0.3) is 0 Å². The molecule has 1 heterocycles. The minimum atomic E-state index is -1.70. The summed E-state index contributed by atoms with van der Waals surface area (Å²) in [5.41, 5.74) is 0. The fraction of sp³-hybridized carbons (Fsp3) is 0.909. The molecule has 5 atom stereocenters. The summed E-state index contributed by atoms with van der Waals surface area (Å²) in [4.78, 5) is 0. The van der Waals surface area contributed by atoms with Crippen molar-refractivity contribution in [3.05, 3.63) is 6.10 Å². The first-order valence-electron chi connectivity index (χ1n) is 6.36. The lowest BCUT2D eigenvalue weighted by Crippen LogP contribution is -2.55. The van der Waals surface area contributed by atoms with Crippen LogP contribution in [0.5, 0.6) is 0 Å². The molecule has 1 unspecified atom stereocenters. The third kappa shape index (κ3) is 4.01. The maximum absolute atomic E-state index is 9.81. The zero-order valence-corrected chi connectivity index (χ0v) is 11.5. The topological polar surface area (TPSA) is 90.2 Å². The van der Waals surface area contributed by atoms with Gasteiger partial charge in [-0.05, 0) is 6.42 Å². The molecule has 0 aromatic heterocycles. The Hall–Kier alpha value is 0.0169. The van der Waals surface area contributed by atoms with Crippen molar-refractivity contribution in [1.29, 1.82) is 0 Å². The summed E-state index contributed by atoms with van der Waals surface area (Å²) in [7, 11) is -1.70. The van der Waals surface area contributed by atoms with E-state index in [9.17, 15) is 15.3 Å². The van der Waals surface area contributed by atoms with Crippen molar-refractivity contribution in [2.45, 2.75) is 56.5 Å². The molecule has 6 heteroatoms. The van der Waals surface area contributed by atoms with Crippen LogP contribution in [0.3, 0.4) is 0 Å². The van der Waals surface area contributed by atoms with E-state index in [0.29, 0.717) is 0 Å².